The Bertz CT molecular complexity index is 912. The fraction of sp³-hybridized carbons (Fsp3) is 0.577. The summed E-state index contributed by atoms with van der Waals surface area (Å²) in [6.07, 6.45) is 1.45. The van der Waals surface area contributed by atoms with E-state index in [1.165, 1.54) is 11.1 Å². The summed E-state index contributed by atoms with van der Waals surface area (Å²) in [6, 6.07) is 9.02. The first-order valence-corrected chi connectivity index (χ1v) is 11.9. The molecule has 0 aliphatic carbocycles. The van der Waals surface area contributed by atoms with Gasteiger partial charge in [-0.1, -0.05) is 38.1 Å². The molecular weight excluding hydrogens is 400 g/mol. The maximum absolute atomic E-state index is 12.7. The molecule has 6 nitrogen and oxygen atoms in total. The van der Waals surface area contributed by atoms with Gasteiger partial charge in [0.1, 0.15) is 5.82 Å². The molecule has 1 amide bonds. The summed E-state index contributed by atoms with van der Waals surface area (Å²) in [5.41, 5.74) is 5.61. The lowest BCUT2D eigenvalue weighted by molar-refractivity contribution is -0.134. The first kappa shape index (κ1) is 22.9. The Kier molecular flexibility index (Phi) is 7.21. The highest BCUT2D eigenvalue weighted by atomic mass is 16.5. The quantitative estimate of drug-likeness (QED) is 0.692. The van der Waals surface area contributed by atoms with Gasteiger partial charge in [-0.05, 0) is 43.9 Å². The van der Waals surface area contributed by atoms with Crippen molar-refractivity contribution in [3.63, 3.8) is 0 Å². The molecule has 0 saturated carbocycles. The average molecular weight is 437 g/mol. The van der Waals surface area contributed by atoms with E-state index in [-0.39, 0.29) is 5.91 Å². The van der Waals surface area contributed by atoms with Crippen LogP contribution < -0.4 is 0 Å². The van der Waals surface area contributed by atoms with Gasteiger partial charge in [0, 0.05) is 49.0 Å². The van der Waals surface area contributed by atoms with E-state index in [4.69, 9.17) is 14.7 Å². The third-order valence-corrected chi connectivity index (χ3v) is 6.82. The molecule has 172 valence electrons. The van der Waals surface area contributed by atoms with Crippen molar-refractivity contribution < 1.29 is 9.53 Å². The lowest BCUT2D eigenvalue weighted by Crippen LogP contribution is -2.41. The number of hydrogen-bond donors (Lipinski definition) is 0. The second-order valence-electron chi connectivity index (χ2n) is 9.52. The number of hydrogen-bond acceptors (Lipinski definition) is 5. The number of benzene rings is 1. The fourth-order valence-corrected chi connectivity index (χ4v) is 4.73. The van der Waals surface area contributed by atoms with Crippen LogP contribution in [0.1, 0.15) is 66.0 Å². The molecule has 0 radical (unpaired) electrons. The van der Waals surface area contributed by atoms with Crippen LogP contribution in [-0.2, 0) is 22.5 Å². The van der Waals surface area contributed by atoms with Gasteiger partial charge in [0.15, 0.2) is 0 Å². The number of likely N-dealkylation sites (tertiary alicyclic amines) is 1. The monoisotopic (exact) mass is 436 g/mol. The van der Waals surface area contributed by atoms with Gasteiger partial charge >= 0.3 is 0 Å². The molecule has 6 heteroatoms. The molecule has 2 aliphatic rings. The molecule has 2 fully saturated rings. The van der Waals surface area contributed by atoms with Gasteiger partial charge in [0.25, 0.3) is 0 Å². The normalized spacial score (nSPS) is 19.7. The van der Waals surface area contributed by atoms with Crippen LogP contribution in [0.25, 0.3) is 0 Å². The number of carbonyl (C=O) groups excluding carboxylic acids is 1. The van der Waals surface area contributed by atoms with E-state index in [1.54, 1.807) is 0 Å². The van der Waals surface area contributed by atoms with E-state index >= 15 is 0 Å². The highest BCUT2D eigenvalue weighted by molar-refractivity contribution is 5.79. The smallest absolute Gasteiger partial charge is 0.227 e. The molecule has 4 rings (SSSR count). The molecular formula is C26H36N4O2. The minimum atomic E-state index is 0.145. The van der Waals surface area contributed by atoms with Crippen molar-refractivity contribution in [3.05, 3.63) is 58.2 Å². The molecule has 1 unspecified atom stereocenters. The van der Waals surface area contributed by atoms with E-state index < -0.39 is 0 Å². The fourth-order valence-electron chi connectivity index (χ4n) is 4.73. The minimum absolute atomic E-state index is 0.145. The van der Waals surface area contributed by atoms with Crippen LogP contribution in [0.3, 0.4) is 0 Å². The van der Waals surface area contributed by atoms with E-state index in [9.17, 15) is 4.79 Å². The van der Waals surface area contributed by atoms with E-state index in [2.05, 4.69) is 43.0 Å². The molecule has 2 aliphatic heterocycles. The zero-order valence-electron chi connectivity index (χ0n) is 19.9. The van der Waals surface area contributed by atoms with Crippen LogP contribution in [0.4, 0.5) is 0 Å². The zero-order valence-corrected chi connectivity index (χ0v) is 19.9. The van der Waals surface area contributed by atoms with Crippen LogP contribution in [0, 0.1) is 13.8 Å². The van der Waals surface area contributed by atoms with Gasteiger partial charge in [-0.3, -0.25) is 9.69 Å². The Morgan fingerprint density at radius 1 is 1.06 bits per heavy atom. The van der Waals surface area contributed by atoms with Crippen molar-refractivity contribution in [2.24, 2.45) is 0 Å². The van der Waals surface area contributed by atoms with Crippen molar-refractivity contribution in [2.45, 2.75) is 58.9 Å². The van der Waals surface area contributed by atoms with Crippen LogP contribution in [0.2, 0.25) is 0 Å². The molecule has 3 heterocycles. The van der Waals surface area contributed by atoms with Gasteiger partial charge in [-0.15, -0.1) is 0 Å². The number of ether oxygens (including phenoxy) is 1. The largest absolute Gasteiger partial charge is 0.378 e. The number of rotatable bonds is 6. The van der Waals surface area contributed by atoms with Crippen LogP contribution in [-0.4, -0.2) is 65.1 Å². The van der Waals surface area contributed by atoms with E-state index in [1.807, 2.05) is 18.7 Å². The van der Waals surface area contributed by atoms with Gasteiger partial charge in [-0.25, -0.2) is 9.97 Å². The second kappa shape index (κ2) is 10.1. The summed E-state index contributed by atoms with van der Waals surface area (Å²) in [5, 5.41) is 0. The van der Waals surface area contributed by atoms with Crippen LogP contribution in [0.15, 0.2) is 24.3 Å². The summed E-state index contributed by atoms with van der Waals surface area (Å²) in [6.45, 7) is 14.1. The zero-order chi connectivity index (χ0) is 22.7. The summed E-state index contributed by atoms with van der Waals surface area (Å²) in [4.78, 5) is 26.8. The van der Waals surface area contributed by atoms with Crippen LogP contribution >= 0.6 is 0 Å². The molecule has 2 saturated heterocycles. The Morgan fingerprint density at radius 3 is 2.34 bits per heavy atom. The first-order valence-electron chi connectivity index (χ1n) is 11.9. The van der Waals surface area contributed by atoms with Crippen molar-refractivity contribution >= 4 is 5.91 Å². The van der Waals surface area contributed by atoms with Gasteiger partial charge < -0.3 is 9.64 Å². The predicted molar refractivity (Wildman–Crippen MR) is 126 cm³/mol. The number of morpholine rings is 1. The summed E-state index contributed by atoms with van der Waals surface area (Å²) in [5.74, 6) is 1.99. The Balaban J connectivity index is 1.38. The van der Waals surface area contributed by atoms with E-state index in [0.29, 0.717) is 44.6 Å². The van der Waals surface area contributed by atoms with Crippen molar-refractivity contribution in [1.29, 1.82) is 0 Å². The van der Waals surface area contributed by atoms with Crippen molar-refractivity contribution in [3.8, 4) is 0 Å². The number of nitrogens with zero attached hydrogens (tertiary/aromatic N) is 4. The Hall–Kier alpha value is -2.31. The molecule has 1 aromatic heterocycles. The number of aromatic nitrogens is 2. The standard InChI is InChI=1S/C26H36N4O2/c1-18(2)22-7-5-21(6-8-22)16-29-10-9-23(17-29)26-27-19(3)24(20(4)28-26)15-25(31)30-11-13-32-14-12-30/h5-8,18,23H,9-17H2,1-4H3. The van der Waals surface area contributed by atoms with Gasteiger partial charge in [0.05, 0.1) is 19.6 Å². The number of aryl methyl sites for hydroxylation is 2. The molecule has 32 heavy (non-hydrogen) atoms. The number of amides is 1. The SMILES string of the molecule is Cc1nc(C2CCN(Cc3ccc(C(C)C)cc3)C2)nc(C)c1CC(=O)N1CCOCC1. The van der Waals surface area contributed by atoms with Gasteiger partial charge in [0.2, 0.25) is 5.91 Å². The first-order chi connectivity index (χ1) is 15.4. The molecule has 2 aromatic rings. The summed E-state index contributed by atoms with van der Waals surface area (Å²) in [7, 11) is 0. The molecule has 1 aromatic carbocycles. The van der Waals surface area contributed by atoms with Crippen molar-refractivity contribution in [2.75, 3.05) is 39.4 Å². The molecule has 0 N–H and O–H groups in total. The molecule has 0 bridgehead atoms. The lowest BCUT2D eigenvalue weighted by atomic mass is 10.0. The maximum Gasteiger partial charge on any atom is 0.227 e. The highest BCUT2D eigenvalue weighted by Gasteiger charge is 2.27. The van der Waals surface area contributed by atoms with Crippen molar-refractivity contribution in [1.82, 2.24) is 19.8 Å². The Labute approximate surface area is 192 Å². The summed E-state index contributed by atoms with van der Waals surface area (Å²) < 4.78 is 5.36. The third-order valence-electron chi connectivity index (χ3n) is 6.82. The topological polar surface area (TPSA) is 58.6 Å². The molecule has 0 spiro atoms. The summed E-state index contributed by atoms with van der Waals surface area (Å²) >= 11 is 0. The number of carbonyl (C=O) groups is 1. The van der Waals surface area contributed by atoms with Crippen LogP contribution in [0.5, 0.6) is 0 Å². The molecule has 1 atom stereocenters. The predicted octanol–water partition coefficient (Wildman–Crippen LogP) is 3.61. The van der Waals surface area contributed by atoms with E-state index in [0.717, 1.165) is 48.8 Å². The highest BCUT2D eigenvalue weighted by Crippen LogP contribution is 2.28. The maximum atomic E-state index is 12.7. The Morgan fingerprint density at radius 2 is 1.72 bits per heavy atom. The van der Waals surface area contributed by atoms with Gasteiger partial charge in [-0.2, -0.15) is 0 Å². The minimum Gasteiger partial charge on any atom is -0.378 e. The second-order valence-corrected chi connectivity index (χ2v) is 9.52. The third kappa shape index (κ3) is 5.36. The lowest BCUT2D eigenvalue weighted by Gasteiger charge is -2.27. The average Bonchev–Trinajstić information content (AvgIpc) is 3.25.